The van der Waals surface area contributed by atoms with Crippen LogP contribution in [0.3, 0.4) is 0 Å². The van der Waals surface area contributed by atoms with Crippen molar-refractivity contribution >= 4 is 0 Å². The molecule has 0 aromatic heterocycles. The number of hydrogen-bond acceptors (Lipinski definition) is 1. The normalized spacial score (nSPS) is 27.3. The molecule has 2 rings (SSSR count). The lowest BCUT2D eigenvalue weighted by atomic mass is 9.51. The topological polar surface area (TPSA) is 23.8 Å². The molecule has 1 heteroatoms. The van der Waals surface area contributed by atoms with Gasteiger partial charge in [0.15, 0.2) is 0 Å². The molecule has 1 nitrogen and oxygen atoms in total. The average molecular weight is 233 g/mol. The summed E-state index contributed by atoms with van der Waals surface area (Å²) in [6, 6.07) is 2.81. The lowest BCUT2D eigenvalue weighted by Gasteiger charge is -2.51. The SMILES string of the molecule is CCCC1(C2(C#N)CCCCC2)CCCCC1. The van der Waals surface area contributed by atoms with Gasteiger partial charge in [-0.05, 0) is 37.5 Å². The minimum absolute atomic E-state index is 0.0433. The van der Waals surface area contributed by atoms with Crippen LogP contribution in [0.1, 0.15) is 84.0 Å². The summed E-state index contributed by atoms with van der Waals surface area (Å²) >= 11 is 0. The molecular formula is C16H27N. The van der Waals surface area contributed by atoms with Crippen LogP contribution in [0, 0.1) is 22.2 Å². The smallest absolute Gasteiger partial charge is 0.0695 e. The van der Waals surface area contributed by atoms with Crippen LogP contribution in [0.25, 0.3) is 0 Å². The van der Waals surface area contributed by atoms with Crippen molar-refractivity contribution in [2.24, 2.45) is 10.8 Å². The van der Waals surface area contributed by atoms with Crippen LogP contribution in [0.15, 0.2) is 0 Å². The van der Waals surface area contributed by atoms with Crippen molar-refractivity contribution in [3.8, 4) is 6.07 Å². The van der Waals surface area contributed by atoms with Gasteiger partial charge in [0.2, 0.25) is 0 Å². The zero-order valence-corrected chi connectivity index (χ0v) is 11.4. The predicted molar refractivity (Wildman–Crippen MR) is 71.6 cm³/mol. The first-order chi connectivity index (χ1) is 8.29. The van der Waals surface area contributed by atoms with Crippen LogP contribution in [-0.2, 0) is 0 Å². The molecule has 0 unspecified atom stereocenters. The molecule has 0 aromatic rings. The van der Waals surface area contributed by atoms with Gasteiger partial charge >= 0.3 is 0 Å². The monoisotopic (exact) mass is 233 g/mol. The fourth-order valence-electron chi connectivity index (χ4n) is 4.59. The van der Waals surface area contributed by atoms with Crippen LogP contribution in [0.4, 0.5) is 0 Å². The van der Waals surface area contributed by atoms with E-state index in [9.17, 15) is 5.26 Å². The van der Waals surface area contributed by atoms with Crippen molar-refractivity contribution in [3.63, 3.8) is 0 Å². The van der Waals surface area contributed by atoms with E-state index in [1.807, 2.05) is 0 Å². The van der Waals surface area contributed by atoms with Crippen molar-refractivity contribution in [2.45, 2.75) is 84.0 Å². The van der Waals surface area contributed by atoms with E-state index in [2.05, 4.69) is 13.0 Å². The second-order valence-electron chi connectivity index (χ2n) is 6.35. The first-order valence-electron chi connectivity index (χ1n) is 7.70. The molecule has 0 heterocycles. The van der Waals surface area contributed by atoms with Gasteiger partial charge in [-0.15, -0.1) is 0 Å². The zero-order chi connectivity index (χ0) is 12.2. The summed E-state index contributed by atoms with van der Waals surface area (Å²) in [6.45, 7) is 2.30. The van der Waals surface area contributed by atoms with Crippen LogP contribution in [0.5, 0.6) is 0 Å². The summed E-state index contributed by atoms with van der Waals surface area (Å²) in [5, 5.41) is 9.84. The fraction of sp³-hybridized carbons (Fsp3) is 0.938. The zero-order valence-electron chi connectivity index (χ0n) is 11.4. The highest BCUT2D eigenvalue weighted by molar-refractivity contribution is 5.11. The van der Waals surface area contributed by atoms with Gasteiger partial charge in [0, 0.05) is 0 Å². The average Bonchev–Trinajstić information content (AvgIpc) is 2.41. The second-order valence-corrected chi connectivity index (χ2v) is 6.35. The summed E-state index contributed by atoms with van der Waals surface area (Å²) in [4.78, 5) is 0. The molecule has 0 aromatic carbocycles. The molecule has 17 heavy (non-hydrogen) atoms. The maximum atomic E-state index is 9.84. The quantitative estimate of drug-likeness (QED) is 0.656. The Bertz CT molecular complexity index is 269. The summed E-state index contributed by atoms with van der Waals surface area (Å²) in [5.41, 5.74) is 0.427. The van der Waals surface area contributed by atoms with E-state index >= 15 is 0 Å². The molecule has 0 N–H and O–H groups in total. The van der Waals surface area contributed by atoms with Crippen LogP contribution in [-0.4, -0.2) is 0 Å². The molecule has 0 radical (unpaired) electrons. The standard InChI is InChI=1S/C16H27N/c1-2-9-15(10-5-3-6-11-15)16(14-17)12-7-4-8-13-16/h2-13H2,1H3. The maximum Gasteiger partial charge on any atom is 0.0695 e. The molecule has 0 saturated heterocycles. The van der Waals surface area contributed by atoms with E-state index in [-0.39, 0.29) is 5.41 Å². The third-order valence-corrected chi connectivity index (χ3v) is 5.48. The third-order valence-electron chi connectivity index (χ3n) is 5.48. The van der Waals surface area contributed by atoms with Gasteiger partial charge in [-0.3, -0.25) is 0 Å². The van der Waals surface area contributed by atoms with Gasteiger partial charge in [-0.1, -0.05) is 51.9 Å². The molecule has 2 saturated carbocycles. The molecule has 0 atom stereocenters. The van der Waals surface area contributed by atoms with Crippen molar-refractivity contribution in [1.29, 1.82) is 5.26 Å². The Balaban J connectivity index is 2.25. The van der Waals surface area contributed by atoms with E-state index in [1.54, 1.807) is 0 Å². The molecule has 96 valence electrons. The van der Waals surface area contributed by atoms with Crippen molar-refractivity contribution < 1.29 is 0 Å². The fourth-order valence-corrected chi connectivity index (χ4v) is 4.59. The lowest BCUT2D eigenvalue weighted by Crippen LogP contribution is -2.44. The summed E-state index contributed by atoms with van der Waals surface area (Å²) in [7, 11) is 0. The van der Waals surface area contributed by atoms with Gasteiger partial charge < -0.3 is 0 Å². The molecule has 0 spiro atoms. The highest BCUT2D eigenvalue weighted by atomic mass is 14.5. The molecule has 0 aliphatic heterocycles. The Morgan fingerprint density at radius 3 is 1.88 bits per heavy atom. The Morgan fingerprint density at radius 1 is 0.882 bits per heavy atom. The van der Waals surface area contributed by atoms with Gasteiger partial charge in [0.05, 0.1) is 11.5 Å². The van der Waals surface area contributed by atoms with E-state index < -0.39 is 0 Å². The van der Waals surface area contributed by atoms with Crippen molar-refractivity contribution in [3.05, 3.63) is 0 Å². The van der Waals surface area contributed by atoms with Crippen LogP contribution in [0.2, 0.25) is 0 Å². The molecular weight excluding hydrogens is 206 g/mol. The first-order valence-corrected chi connectivity index (χ1v) is 7.70. The number of nitrogens with zero attached hydrogens (tertiary/aromatic N) is 1. The first kappa shape index (κ1) is 12.9. The van der Waals surface area contributed by atoms with E-state index in [0.29, 0.717) is 5.41 Å². The molecule has 2 fully saturated rings. The number of rotatable bonds is 3. The summed E-state index contributed by atoms with van der Waals surface area (Å²) in [5.74, 6) is 0. The number of nitriles is 1. The Kier molecular flexibility index (Phi) is 4.13. The summed E-state index contributed by atoms with van der Waals surface area (Å²) < 4.78 is 0. The molecule has 0 bridgehead atoms. The predicted octanol–water partition coefficient (Wildman–Crippen LogP) is 5.21. The maximum absolute atomic E-state index is 9.84. The second kappa shape index (κ2) is 5.42. The van der Waals surface area contributed by atoms with E-state index in [4.69, 9.17) is 0 Å². The van der Waals surface area contributed by atoms with Gasteiger partial charge in [-0.25, -0.2) is 0 Å². The highest BCUT2D eigenvalue weighted by Crippen LogP contribution is 2.58. The van der Waals surface area contributed by atoms with Crippen molar-refractivity contribution in [2.75, 3.05) is 0 Å². The highest BCUT2D eigenvalue weighted by Gasteiger charge is 2.51. The minimum atomic E-state index is 0.0433. The third kappa shape index (κ3) is 2.24. The molecule has 0 amide bonds. The Morgan fingerprint density at radius 2 is 1.41 bits per heavy atom. The van der Waals surface area contributed by atoms with Crippen LogP contribution < -0.4 is 0 Å². The van der Waals surface area contributed by atoms with Gasteiger partial charge in [0.1, 0.15) is 0 Å². The van der Waals surface area contributed by atoms with Crippen molar-refractivity contribution in [1.82, 2.24) is 0 Å². The van der Waals surface area contributed by atoms with E-state index in [1.165, 1.54) is 77.0 Å². The Labute approximate surface area is 107 Å². The Hall–Kier alpha value is -0.510. The summed E-state index contributed by atoms with van der Waals surface area (Å²) in [6.07, 6.45) is 15.6. The lowest BCUT2D eigenvalue weighted by molar-refractivity contribution is 0.00207. The van der Waals surface area contributed by atoms with E-state index in [0.717, 1.165) is 0 Å². The molecule has 2 aliphatic carbocycles. The number of hydrogen-bond donors (Lipinski definition) is 0. The largest absolute Gasteiger partial charge is 0.198 e. The minimum Gasteiger partial charge on any atom is -0.198 e. The van der Waals surface area contributed by atoms with Gasteiger partial charge in [0.25, 0.3) is 0 Å². The van der Waals surface area contributed by atoms with Gasteiger partial charge in [-0.2, -0.15) is 5.26 Å². The molecule has 2 aliphatic rings. The van der Waals surface area contributed by atoms with Crippen LogP contribution >= 0.6 is 0 Å².